The lowest BCUT2D eigenvalue weighted by atomic mass is 10.1. The molecule has 0 heterocycles. The minimum Gasteiger partial charge on any atom is -0.295 e. The third-order valence-corrected chi connectivity index (χ3v) is 2.27. The smallest absolute Gasteiger partial charge is 0.152 e. The monoisotopic (exact) mass is 238 g/mol. The van der Waals surface area contributed by atoms with Crippen molar-refractivity contribution in [1.82, 2.24) is 0 Å². The average molecular weight is 239 g/mol. The van der Waals surface area contributed by atoms with Gasteiger partial charge in [0.15, 0.2) is 5.78 Å². The minimum atomic E-state index is 0.0818. The maximum Gasteiger partial charge on any atom is 0.152 e. The number of hydrogen-bond donors (Lipinski definition) is 0. The molecule has 0 aliphatic rings. The van der Waals surface area contributed by atoms with Gasteiger partial charge in [0, 0.05) is 5.33 Å². The van der Waals surface area contributed by atoms with Crippen LogP contribution in [-0.4, -0.2) is 11.1 Å². The summed E-state index contributed by atoms with van der Waals surface area (Å²) in [5.74, 6) is 0.0818. The van der Waals surface area contributed by atoms with E-state index in [4.69, 9.17) is 0 Å². The van der Waals surface area contributed by atoms with Crippen LogP contribution in [0.2, 0.25) is 0 Å². The van der Waals surface area contributed by atoms with E-state index in [1.54, 1.807) is 13.0 Å². The number of hydrogen-bond acceptors (Lipinski definition) is 1. The van der Waals surface area contributed by atoms with Gasteiger partial charge in [-0.1, -0.05) is 46.3 Å². The molecule has 1 aromatic rings. The first kappa shape index (κ1) is 10.2. The minimum absolute atomic E-state index is 0.0818. The van der Waals surface area contributed by atoms with Gasteiger partial charge in [0.05, 0.1) is 0 Å². The van der Waals surface area contributed by atoms with Crippen LogP contribution in [0, 0.1) is 0 Å². The van der Waals surface area contributed by atoms with Crippen molar-refractivity contribution < 1.29 is 4.79 Å². The van der Waals surface area contributed by atoms with Crippen LogP contribution in [-0.2, 0) is 4.79 Å². The Bertz CT molecular complexity index is 314. The predicted molar refractivity (Wildman–Crippen MR) is 58.9 cm³/mol. The largest absolute Gasteiger partial charge is 0.295 e. The zero-order valence-electron chi connectivity index (χ0n) is 7.46. The van der Waals surface area contributed by atoms with Crippen LogP contribution in [0.25, 0.3) is 5.57 Å². The van der Waals surface area contributed by atoms with Crippen molar-refractivity contribution in [2.75, 3.05) is 5.33 Å². The molecule has 0 unspecified atom stereocenters. The van der Waals surface area contributed by atoms with Gasteiger partial charge in [-0.2, -0.15) is 0 Å². The van der Waals surface area contributed by atoms with Crippen LogP contribution in [0.4, 0.5) is 0 Å². The normalized spacial score (nSPS) is 11.4. The van der Waals surface area contributed by atoms with Gasteiger partial charge in [-0.05, 0) is 24.1 Å². The number of halogens is 1. The first-order valence-electron chi connectivity index (χ1n) is 4.06. The Morgan fingerprint density at radius 3 is 2.46 bits per heavy atom. The lowest BCUT2D eigenvalue weighted by Gasteiger charge is -2.01. The number of allylic oxidation sites excluding steroid dienone is 2. The molecule has 13 heavy (non-hydrogen) atoms. The Balaban J connectivity index is 2.98. The Labute approximate surface area is 86.6 Å². The third kappa shape index (κ3) is 3.15. The SMILES string of the molecule is CC(=O)/C=C(\CBr)c1ccccc1. The van der Waals surface area contributed by atoms with Gasteiger partial charge in [0.1, 0.15) is 0 Å². The molecule has 1 nitrogen and oxygen atoms in total. The maximum absolute atomic E-state index is 10.9. The van der Waals surface area contributed by atoms with Crippen molar-refractivity contribution in [3.05, 3.63) is 42.0 Å². The molecule has 0 atom stereocenters. The second-order valence-electron chi connectivity index (χ2n) is 2.78. The van der Waals surface area contributed by atoms with Crippen molar-refractivity contribution in [3.8, 4) is 0 Å². The highest BCUT2D eigenvalue weighted by Gasteiger charge is 1.99. The molecule has 1 aromatic carbocycles. The molecule has 2 heteroatoms. The van der Waals surface area contributed by atoms with E-state index in [1.807, 2.05) is 30.3 Å². The number of ketones is 1. The van der Waals surface area contributed by atoms with Gasteiger partial charge in [0.2, 0.25) is 0 Å². The Hall–Kier alpha value is -0.890. The van der Waals surface area contributed by atoms with Crippen LogP contribution in [0.1, 0.15) is 12.5 Å². The van der Waals surface area contributed by atoms with E-state index in [0.717, 1.165) is 11.1 Å². The summed E-state index contributed by atoms with van der Waals surface area (Å²) < 4.78 is 0. The molecule has 0 saturated carbocycles. The highest BCUT2D eigenvalue weighted by Crippen LogP contribution is 2.15. The molecule has 0 spiro atoms. The van der Waals surface area contributed by atoms with Crippen LogP contribution >= 0.6 is 15.9 Å². The van der Waals surface area contributed by atoms with Crippen LogP contribution in [0.3, 0.4) is 0 Å². The van der Waals surface area contributed by atoms with E-state index in [-0.39, 0.29) is 5.78 Å². The molecular weight excluding hydrogens is 228 g/mol. The van der Waals surface area contributed by atoms with E-state index in [0.29, 0.717) is 5.33 Å². The highest BCUT2D eigenvalue weighted by molar-refractivity contribution is 9.09. The van der Waals surface area contributed by atoms with E-state index in [1.165, 1.54) is 0 Å². The first-order chi connectivity index (χ1) is 6.24. The number of carbonyl (C=O) groups is 1. The quantitative estimate of drug-likeness (QED) is 0.585. The molecule has 0 aromatic heterocycles. The van der Waals surface area contributed by atoms with Gasteiger partial charge in [-0.3, -0.25) is 4.79 Å². The number of benzene rings is 1. The number of carbonyl (C=O) groups excluding carboxylic acids is 1. The summed E-state index contributed by atoms with van der Waals surface area (Å²) >= 11 is 3.36. The van der Waals surface area contributed by atoms with Gasteiger partial charge < -0.3 is 0 Å². The summed E-state index contributed by atoms with van der Waals surface area (Å²) in [4.78, 5) is 10.9. The maximum atomic E-state index is 10.9. The third-order valence-electron chi connectivity index (χ3n) is 1.67. The fourth-order valence-electron chi connectivity index (χ4n) is 1.10. The summed E-state index contributed by atoms with van der Waals surface area (Å²) in [5.41, 5.74) is 2.11. The molecule has 68 valence electrons. The second-order valence-corrected chi connectivity index (χ2v) is 3.34. The summed E-state index contributed by atoms with van der Waals surface area (Å²) in [6.45, 7) is 1.56. The van der Waals surface area contributed by atoms with Gasteiger partial charge in [-0.25, -0.2) is 0 Å². The molecule has 0 N–H and O–H groups in total. The second kappa shape index (κ2) is 4.97. The lowest BCUT2D eigenvalue weighted by molar-refractivity contribution is -0.112. The lowest BCUT2D eigenvalue weighted by Crippen LogP contribution is -1.90. The van der Waals surface area contributed by atoms with Crippen LogP contribution < -0.4 is 0 Å². The van der Waals surface area contributed by atoms with E-state index in [9.17, 15) is 4.79 Å². The number of alkyl halides is 1. The summed E-state index contributed by atoms with van der Waals surface area (Å²) in [6, 6.07) is 9.88. The van der Waals surface area contributed by atoms with Crippen molar-refractivity contribution in [3.63, 3.8) is 0 Å². The molecule has 0 radical (unpaired) electrons. The first-order valence-corrected chi connectivity index (χ1v) is 5.18. The zero-order valence-corrected chi connectivity index (χ0v) is 9.04. The molecular formula is C11H11BrO. The van der Waals surface area contributed by atoms with Gasteiger partial charge in [0.25, 0.3) is 0 Å². The average Bonchev–Trinajstić information content (AvgIpc) is 2.15. The van der Waals surface area contributed by atoms with Crippen molar-refractivity contribution in [2.24, 2.45) is 0 Å². The van der Waals surface area contributed by atoms with Crippen molar-refractivity contribution >= 4 is 27.3 Å². The van der Waals surface area contributed by atoms with E-state index < -0.39 is 0 Å². The molecule has 0 aliphatic carbocycles. The topological polar surface area (TPSA) is 17.1 Å². The van der Waals surface area contributed by atoms with Gasteiger partial charge >= 0.3 is 0 Å². The molecule has 1 rings (SSSR count). The number of rotatable bonds is 3. The molecule has 0 aliphatic heterocycles. The molecule has 0 bridgehead atoms. The summed E-state index contributed by atoms with van der Waals surface area (Å²) in [6.07, 6.45) is 1.66. The fraction of sp³-hybridized carbons (Fsp3) is 0.182. The Morgan fingerprint density at radius 1 is 1.38 bits per heavy atom. The standard InChI is InChI=1S/C11H11BrO/c1-9(13)7-11(8-12)10-5-3-2-4-6-10/h2-7H,8H2,1H3/b11-7+. The fourth-order valence-corrected chi connectivity index (χ4v) is 1.58. The molecule has 0 amide bonds. The predicted octanol–water partition coefficient (Wildman–Crippen LogP) is 3.05. The zero-order chi connectivity index (χ0) is 9.68. The van der Waals surface area contributed by atoms with E-state index >= 15 is 0 Å². The summed E-state index contributed by atoms with van der Waals surface area (Å²) in [5, 5.41) is 0.705. The highest BCUT2D eigenvalue weighted by atomic mass is 79.9. The van der Waals surface area contributed by atoms with Crippen molar-refractivity contribution in [1.29, 1.82) is 0 Å². The Morgan fingerprint density at radius 2 is 2.00 bits per heavy atom. The molecule has 0 saturated heterocycles. The van der Waals surface area contributed by atoms with E-state index in [2.05, 4.69) is 15.9 Å². The van der Waals surface area contributed by atoms with Crippen molar-refractivity contribution in [2.45, 2.75) is 6.92 Å². The Kier molecular flexibility index (Phi) is 3.90. The van der Waals surface area contributed by atoms with Gasteiger partial charge in [-0.15, -0.1) is 0 Å². The molecule has 0 fully saturated rings. The summed E-state index contributed by atoms with van der Waals surface area (Å²) in [7, 11) is 0. The van der Waals surface area contributed by atoms with Crippen LogP contribution in [0.5, 0.6) is 0 Å². The van der Waals surface area contributed by atoms with Crippen LogP contribution in [0.15, 0.2) is 36.4 Å².